The molecule has 1 aliphatic carbocycles. The summed E-state index contributed by atoms with van der Waals surface area (Å²) in [6.45, 7) is 2.19. The van der Waals surface area contributed by atoms with Crippen molar-refractivity contribution >= 4 is 29.1 Å². The van der Waals surface area contributed by atoms with Crippen molar-refractivity contribution in [2.24, 2.45) is 14.1 Å². The van der Waals surface area contributed by atoms with Crippen molar-refractivity contribution in [2.45, 2.75) is 31.0 Å². The number of pyridine rings is 1. The number of fused-ring (bicyclic) bond motifs is 1. The van der Waals surface area contributed by atoms with Crippen molar-refractivity contribution in [1.29, 1.82) is 0 Å². The van der Waals surface area contributed by atoms with Gasteiger partial charge >= 0.3 is 5.16 Å². The van der Waals surface area contributed by atoms with Crippen LogP contribution in [0.25, 0.3) is 11.6 Å². The van der Waals surface area contributed by atoms with Crippen molar-refractivity contribution in [3.8, 4) is 0 Å². The van der Waals surface area contributed by atoms with E-state index in [4.69, 9.17) is 0 Å². The van der Waals surface area contributed by atoms with Crippen LogP contribution in [0.2, 0.25) is 0 Å². The molecule has 6 nitrogen and oxygen atoms in total. The summed E-state index contributed by atoms with van der Waals surface area (Å²) in [6.07, 6.45) is 14.4. The number of benzene rings is 1. The first kappa shape index (κ1) is 24.5. The van der Waals surface area contributed by atoms with Crippen molar-refractivity contribution in [3.05, 3.63) is 71.8 Å². The maximum absolute atomic E-state index is 9.28. The summed E-state index contributed by atoms with van der Waals surface area (Å²) in [6, 6.07) is 10.7. The Kier molecular flexibility index (Phi) is 8.43. The van der Waals surface area contributed by atoms with Crippen molar-refractivity contribution < 1.29 is 19.3 Å². The number of aryl methyl sites for hydroxylation is 4. The van der Waals surface area contributed by atoms with Crippen LogP contribution in [0.5, 0.6) is 0 Å². The van der Waals surface area contributed by atoms with Gasteiger partial charge in [-0.3, -0.25) is 0 Å². The molecule has 0 saturated carbocycles. The second kappa shape index (κ2) is 11.7. The lowest BCUT2D eigenvalue weighted by Gasteiger charge is -2.23. The van der Waals surface area contributed by atoms with E-state index in [2.05, 4.69) is 89.0 Å². The molecule has 0 atom stereocenters. The van der Waals surface area contributed by atoms with Crippen LogP contribution in [-0.2, 0) is 27.1 Å². The number of imidazole rings is 1. The fraction of sp³-hybridized carbons (Fsp3) is 0.407. The van der Waals surface area contributed by atoms with Gasteiger partial charge < -0.3 is 15.1 Å². The fourth-order valence-electron chi connectivity index (χ4n) is 4.61. The topological polar surface area (TPSA) is 56.4 Å². The molecule has 4 rings (SSSR count). The van der Waals surface area contributed by atoms with Crippen LogP contribution in [0.15, 0.2) is 60.3 Å². The molecule has 0 unspecified atom stereocenters. The highest BCUT2D eigenvalue weighted by Gasteiger charge is 2.19. The summed E-state index contributed by atoms with van der Waals surface area (Å²) in [5.41, 5.74) is 6.41. The predicted molar refractivity (Wildman–Crippen MR) is 138 cm³/mol. The standard InChI is InChI=1S/C27H36N4O2S/c1-28-12-13-29(2)27(28)34-19-16-30-11-10-26-23(4-3-5-24(26)21-30)20-22-6-8-25(9-7-22)31(14-17-32)15-18-33/h6-13,20-21,32-33H,3-5,14-19H2,1-2H3/q+2. The number of allylic oxidation sites excluding steroid dienone is 1. The van der Waals surface area contributed by atoms with Crippen LogP contribution in [0.3, 0.4) is 0 Å². The Morgan fingerprint density at radius 1 is 1.06 bits per heavy atom. The van der Waals surface area contributed by atoms with Crippen molar-refractivity contribution in [1.82, 2.24) is 4.57 Å². The fourth-order valence-corrected chi connectivity index (χ4v) is 5.63. The maximum atomic E-state index is 9.28. The van der Waals surface area contributed by atoms with Crippen molar-refractivity contribution in [3.63, 3.8) is 0 Å². The number of nitrogens with zero attached hydrogens (tertiary/aromatic N) is 4. The number of aliphatic hydroxyl groups excluding tert-OH is 2. The molecule has 0 fully saturated rings. The van der Waals surface area contributed by atoms with Crippen LogP contribution in [0.4, 0.5) is 5.69 Å². The molecular weight excluding hydrogens is 444 g/mol. The average molecular weight is 481 g/mol. The molecule has 1 aliphatic rings. The zero-order chi connectivity index (χ0) is 23.9. The van der Waals surface area contributed by atoms with E-state index in [1.807, 2.05) is 16.7 Å². The Labute approximate surface area is 206 Å². The van der Waals surface area contributed by atoms with E-state index in [1.54, 1.807) is 0 Å². The summed E-state index contributed by atoms with van der Waals surface area (Å²) >= 11 is 1.89. The Hall–Kier alpha value is -2.61. The predicted octanol–water partition coefficient (Wildman–Crippen LogP) is 2.60. The highest BCUT2D eigenvalue weighted by atomic mass is 32.2. The minimum atomic E-state index is 0.0754. The van der Waals surface area contributed by atoms with Gasteiger partial charge in [-0.15, -0.1) is 0 Å². The van der Waals surface area contributed by atoms with Gasteiger partial charge in [0, 0.05) is 30.4 Å². The minimum absolute atomic E-state index is 0.0754. The molecule has 0 spiro atoms. The Morgan fingerprint density at radius 2 is 1.82 bits per heavy atom. The first-order valence-electron chi connectivity index (χ1n) is 12.0. The summed E-state index contributed by atoms with van der Waals surface area (Å²) < 4.78 is 6.66. The number of thioether (sulfide) groups is 1. The highest BCUT2D eigenvalue weighted by molar-refractivity contribution is 7.99. The molecule has 0 saturated heterocycles. The molecule has 0 bridgehead atoms. The van der Waals surface area contributed by atoms with Crippen LogP contribution >= 0.6 is 11.8 Å². The second-order valence-electron chi connectivity index (χ2n) is 8.82. The van der Waals surface area contributed by atoms with Crippen LogP contribution in [0.1, 0.15) is 29.5 Å². The van der Waals surface area contributed by atoms with E-state index in [0.717, 1.165) is 30.8 Å². The molecular formula is C27H36N4O2S+2. The molecule has 0 amide bonds. The van der Waals surface area contributed by atoms with Gasteiger partial charge in [-0.2, -0.15) is 0 Å². The smallest absolute Gasteiger partial charge is 0.317 e. The maximum Gasteiger partial charge on any atom is 0.317 e. The normalized spacial score (nSPS) is 14.4. The average Bonchev–Trinajstić information content (AvgIpc) is 3.17. The van der Waals surface area contributed by atoms with Gasteiger partial charge in [0.05, 0.1) is 33.1 Å². The quantitative estimate of drug-likeness (QED) is 0.346. The molecule has 2 heterocycles. The van der Waals surface area contributed by atoms with Crippen LogP contribution in [-0.4, -0.2) is 46.8 Å². The van der Waals surface area contributed by atoms with E-state index < -0.39 is 0 Å². The molecule has 0 radical (unpaired) electrons. The van der Waals surface area contributed by atoms with Gasteiger partial charge in [-0.25, -0.2) is 13.7 Å². The van der Waals surface area contributed by atoms with Gasteiger partial charge in [0.1, 0.15) is 12.4 Å². The van der Waals surface area contributed by atoms with Crippen molar-refractivity contribution in [2.75, 3.05) is 37.0 Å². The summed E-state index contributed by atoms with van der Waals surface area (Å²) in [4.78, 5) is 2.00. The zero-order valence-electron chi connectivity index (χ0n) is 20.2. The van der Waals surface area contributed by atoms with E-state index in [1.165, 1.54) is 33.8 Å². The summed E-state index contributed by atoms with van der Waals surface area (Å²) in [7, 11) is 4.19. The Bertz CT molecular complexity index is 1100. The van der Waals surface area contributed by atoms with E-state index in [0.29, 0.717) is 13.1 Å². The summed E-state index contributed by atoms with van der Waals surface area (Å²) in [5.74, 6) is 1.04. The number of anilines is 1. The number of aliphatic hydroxyl groups is 2. The molecule has 1 aromatic carbocycles. The largest absolute Gasteiger partial charge is 0.395 e. The van der Waals surface area contributed by atoms with Gasteiger partial charge in [0.2, 0.25) is 0 Å². The SMILES string of the molecule is Cn1cc[n+](C)c1SCC[n+]1ccc2c(c1)CCC/C2=C\c1ccc(N(CCO)CCO)cc1. The third kappa shape index (κ3) is 5.90. The Morgan fingerprint density at radius 3 is 2.50 bits per heavy atom. The highest BCUT2D eigenvalue weighted by Crippen LogP contribution is 2.31. The lowest BCUT2D eigenvalue weighted by atomic mass is 9.87. The number of hydrogen-bond donors (Lipinski definition) is 2. The van der Waals surface area contributed by atoms with Gasteiger partial charge in [0.15, 0.2) is 18.9 Å². The third-order valence-electron chi connectivity index (χ3n) is 6.38. The summed E-state index contributed by atoms with van der Waals surface area (Å²) in [5, 5.41) is 19.8. The van der Waals surface area contributed by atoms with Crippen LogP contribution in [0, 0.1) is 0 Å². The van der Waals surface area contributed by atoms with Crippen LogP contribution < -0.4 is 14.0 Å². The molecule has 34 heavy (non-hydrogen) atoms. The lowest BCUT2D eigenvalue weighted by molar-refractivity contribution is -0.709. The molecule has 3 aromatic rings. The number of rotatable bonds is 10. The Balaban J connectivity index is 1.44. The van der Waals surface area contributed by atoms with Gasteiger partial charge in [0.25, 0.3) is 0 Å². The van der Waals surface area contributed by atoms with Gasteiger partial charge in [-0.1, -0.05) is 18.2 Å². The molecule has 2 aromatic heterocycles. The lowest BCUT2D eigenvalue weighted by Crippen LogP contribution is -2.36. The first-order chi connectivity index (χ1) is 16.6. The zero-order valence-corrected chi connectivity index (χ0v) is 21.0. The molecule has 180 valence electrons. The molecule has 0 aliphatic heterocycles. The van der Waals surface area contributed by atoms with E-state index >= 15 is 0 Å². The second-order valence-corrected chi connectivity index (χ2v) is 9.88. The molecule has 2 N–H and O–H groups in total. The van der Waals surface area contributed by atoms with E-state index in [9.17, 15) is 10.2 Å². The number of aromatic nitrogens is 3. The monoisotopic (exact) mass is 480 g/mol. The first-order valence-corrected chi connectivity index (χ1v) is 13.0. The molecule has 7 heteroatoms. The van der Waals surface area contributed by atoms with Gasteiger partial charge in [-0.05, 0) is 59.9 Å². The third-order valence-corrected chi connectivity index (χ3v) is 7.60. The van der Waals surface area contributed by atoms with E-state index in [-0.39, 0.29) is 13.2 Å². The minimum Gasteiger partial charge on any atom is -0.395 e. The number of hydrogen-bond acceptors (Lipinski definition) is 4.